The number of pyridine rings is 1. The van der Waals surface area contributed by atoms with Gasteiger partial charge in [-0.05, 0) is 60.7 Å². The number of hydrazone groups is 1. The van der Waals surface area contributed by atoms with Crippen LogP contribution in [-0.4, -0.2) is 38.6 Å². The molecule has 0 fully saturated rings. The van der Waals surface area contributed by atoms with E-state index in [1.807, 2.05) is 13.0 Å². The van der Waals surface area contributed by atoms with Crippen LogP contribution in [0.2, 0.25) is 0 Å². The Labute approximate surface area is 210 Å². The summed E-state index contributed by atoms with van der Waals surface area (Å²) in [6.07, 6.45) is 4.89. The van der Waals surface area contributed by atoms with Crippen LogP contribution in [0.25, 0.3) is 6.08 Å². The van der Waals surface area contributed by atoms with E-state index in [4.69, 9.17) is 14.9 Å². The van der Waals surface area contributed by atoms with Crippen molar-refractivity contribution >= 4 is 39.8 Å². The number of ether oxygens (including phenoxy) is 2. The van der Waals surface area contributed by atoms with Crippen molar-refractivity contribution in [1.29, 1.82) is 5.41 Å². The highest BCUT2D eigenvalue weighted by molar-refractivity contribution is 8.27. The standard InChI is InChI=1S/C26H20FN5O3S/c1-2-34-22-13-16(9-10-21(22)35-15-18-6-3-4-8-20(18)27)12-19-23(28)32-26(30-24(19)33)36-25(31-32)17-7-5-11-29-14-17/h3-14,28H,2,15H2,1H3/b19-12-,28-23?. The number of carbonyl (C=O) groups is 1. The van der Waals surface area contributed by atoms with Gasteiger partial charge in [-0.25, -0.2) is 4.39 Å². The molecule has 2 aliphatic rings. The summed E-state index contributed by atoms with van der Waals surface area (Å²) < 4.78 is 25.5. The number of amidine groups is 2. The lowest BCUT2D eigenvalue weighted by molar-refractivity contribution is -0.114. The van der Waals surface area contributed by atoms with E-state index in [1.54, 1.807) is 60.9 Å². The number of nitrogens with one attached hydrogen (secondary N) is 1. The van der Waals surface area contributed by atoms with Crippen molar-refractivity contribution in [2.24, 2.45) is 10.1 Å². The zero-order valence-electron chi connectivity index (χ0n) is 19.1. The predicted octanol–water partition coefficient (Wildman–Crippen LogP) is 4.87. The van der Waals surface area contributed by atoms with Gasteiger partial charge >= 0.3 is 0 Å². The summed E-state index contributed by atoms with van der Waals surface area (Å²) in [5.74, 6) is -0.0704. The largest absolute Gasteiger partial charge is 0.490 e. The van der Waals surface area contributed by atoms with Crippen molar-refractivity contribution in [3.8, 4) is 11.5 Å². The number of amides is 1. The molecule has 10 heteroatoms. The molecule has 8 nitrogen and oxygen atoms in total. The summed E-state index contributed by atoms with van der Waals surface area (Å²) in [6, 6.07) is 15.2. The van der Waals surface area contributed by atoms with E-state index in [1.165, 1.54) is 22.8 Å². The minimum Gasteiger partial charge on any atom is -0.490 e. The maximum absolute atomic E-state index is 14.0. The number of thioether (sulfide) groups is 1. The number of nitrogens with zero attached hydrogens (tertiary/aromatic N) is 4. The number of benzene rings is 2. The fourth-order valence-electron chi connectivity index (χ4n) is 3.54. The lowest BCUT2D eigenvalue weighted by Gasteiger charge is -2.20. The summed E-state index contributed by atoms with van der Waals surface area (Å²) in [5.41, 5.74) is 1.92. The van der Waals surface area contributed by atoms with E-state index in [2.05, 4.69) is 15.1 Å². The molecular formula is C26H20FN5O3S. The van der Waals surface area contributed by atoms with Gasteiger partial charge in [0.1, 0.15) is 17.5 Å². The topological polar surface area (TPSA) is 100 Å². The fourth-order valence-corrected chi connectivity index (χ4v) is 4.42. The van der Waals surface area contributed by atoms with Crippen LogP contribution < -0.4 is 9.47 Å². The molecule has 36 heavy (non-hydrogen) atoms. The average Bonchev–Trinajstić information content (AvgIpc) is 3.32. The molecule has 0 atom stereocenters. The molecule has 2 aromatic carbocycles. The third kappa shape index (κ3) is 4.76. The number of aromatic nitrogens is 1. The number of aliphatic imine (C=N–C) groups is 1. The van der Waals surface area contributed by atoms with Gasteiger partial charge in [0.05, 0.1) is 12.2 Å². The molecule has 0 aliphatic carbocycles. The predicted molar refractivity (Wildman–Crippen MR) is 137 cm³/mol. The molecule has 1 amide bonds. The van der Waals surface area contributed by atoms with Gasteiger partial charge in [-0.2, -0.15) is 15.1 Å². The molecule has 2 aliphatic heterocycles. The number of carbonyl (C=O) groups excluding carboxylic acids is 1. The Balaban J connectivity index is 1.40. The van der Waals surface area contributed by atoms with Crippen molar-refractivity contribution in [2.75, 3.05) is 6.61 Å². The molecule has 3 aromatic rings. The lowest BCUT2D eigenvalue weighted by atomic mass is 10.1. The van der Waals surface area contributed by atoms with Crippen molar-refractivity contribution in [2.45, 2.75) is 13.5 Å². The minimum atomic E-state index is -0.528. The first-order chi connectivity index (χ1) is 17.5. The van der Waals surface area contributed by atoms with Crippen LogP contribution in [0.15, 0.2) is 82.7 Å². The van der Waals surface area contributed by atoms with E-state index in [0.717, 1.165) is 5.56 Å². The second kappa shape index (κ2) is 10.1. The van der Waals surface area contributed by atoms with Crippen LogP contribution in [0.5, 0.6) is 11.5 Å². The molecule has 0 radical (unpaired) electrons. The molecule has 0 spiro atoms. The highest BCUT2D eigenvalue weighted by Gasteiger charge is 2.36. The van der Waals surface area contributed by atoms with E-state index in [9.17, 15) is 9.18 Å². The molecule has 0 unspecified atom stereocenters. The molecule has 5 rings (SSSR count). The van der Waals surface area contributed by atoms with E-state index in [-0.39, 0.29) is 23.8 Å². The zero-order chi connectivity index (χ0) is 25.1. The SMILES string of the molecule is CCOc1cc(/C=C2/C(=N)N3N=C(c4cccnc4)SC3=NC2=O)ccc1OCc1ccccc1F. The third-order valence-corrected chi connectivity index (χ3v) is 6.24. The first-order valence-electron chi connectivity index (χ1n) is 11.1. The Morgan fingerprint density at radius 1 is 1.11 bits per heavy atom. The Morgan fingerprint density at radius 3 is 2.75 bits per heavy atom. The van der Waals surface area contributed by atoms with Gasteiger partial charge in [-0.1, -0.05) is 24.3 Å². The van der Waals surface area contributed by atoms with Gasteiger partial charge in [0.2, 0.25) is 5.17 Å². The van der Waals surface area contributed by atoms with Crippen LogP contribution >= 0.6 is 11.8 Å². The zero-order valence-corrected chi connectivity index (χ0v) is 20.0. The monoisotopic (exact) mass is 501 g/mol. The molecule has 0 bridgehead atoms. The third-order valence-electron chi connectivity index (χ3n) is 5.28. The first-order valence-corrected chi connectivity index (χ1v) is 11.9. The van der Waals surface area contributed by atoms with Crippen molar-refractivity contribution in [1.82, 2.24) is 9.99 Å². The highest BCUT2D eigenvalue weighted by Crippen LogP contribution is 2.33. The fraction of sp³-hybridized carbons (Fsp3) is 0.115. The van der Waals surface area contributed by atoms with E-state index < -0.39 is 5.91 Å². The number of halogens is 1. The Hall–Kier alpha value is -4.31. The Morgan fingerprint density at radius 2 is 1.97 bits per heavy atom. The molecule has 0 saturated carbocycles. The second-order valence-corrected chi connectivity index (χ2v) is 8.64. The average molecular weight is 502 g/mol. The number of rotatable bonds is 7. The van der Waals surface area contributed by atoms with E-state index in [0.29, 0.717) is 39.4 Å². The van der Waals surface area contributed by atoms with Gasteiger partial charge in [0.25, 0.3) is 5.91 Å². The molecular weight excluding hydrogens is 481 g/mol. The smallest absolute Gasteiger partial charge is 0.283 e. The Bertz CT molecular complexity index is 1440. The molecule has 1 aromatic heterocycles. The van der Waals surface area contributed by atoms with Crippen LogP contribution in [0, 0.1) is 11.2 Å². The van der Waals surface area contributed by atoms with Gasteiger partial charge in [-0.3, -0.25) is 15.2 Å². The van der Waals surface area contributed by atoms with Crippen LogP contribution in [0.4, 0.5) is 4.39 Å². The number of hydrogen-bond donors (Lipinski definition) is 1. The van der Waals surface area contributed by atoms with Crippen LogP contribution in [-0.2, 0) is 11.4 Å². The first kappa shape index (κ1) is 23.4. The van der Waals surface area contributed by atoms with Gasteiger partial charge < -0.3 is 9.47 Å². The second-order valence-electron chi connectivity index (χ2n) is 7.69. The maximum Gasteiger partial charge on any atom is 0.283 e. The number of hydrogen-bond acceptors (Lipinski definition) is 7. The van der Waals surface area contributed by atoms with Crippen LogP contribution in [0.1, 0.15) is 23.6 Å². The van der Waals surface area contributed by atoms with Crippen molar-refractivity contribution < 1.29 is 18.7 Å². The summed E-state index contributed by atoms with van der Waals surface area (Å²) in [4.78, 5) is 21.0. The summed E-state index contributed by atoms with van der Waals surface area (Å²) >= 11 is 1.21. The highest BCUT2D eigenvalue weighted by atomic mass is 32.2. The summed E-state index contributed by atoms with van der Waals surface area (Å²) in [6.45, 7) is 2.26. The molecule has 1 N–H and O–H groups in total. The maximum atomic E-state index is 14.0. The van der Waals surface area contributed by atoms with Gasteiger partial charge in [0.15, 0.2) is 17.3 Å². The molecule has 3 heterocycles. The number of fused-ring (bicyclic) bond motifs is 1. The normalized spacial score (nSPS) is 16.1. The molecule has 0 saturated heterocycles. The quantitative estimate of drug-likeness (QED) is 0.464. The van der Waals surface area contributed by atoms with Crippen LogP contribution in [0.3, 0.4) is 0 Å². The van der Waals surface area contributed by atoms with Gasteiger partial charge in [-0.15, -0.1) is 0 Å². The summed E-state index contributed by atoms with van der Waals surface area (Å²) in [5, 5.41) is 15.3. The van der Waals surface area contributed by atoms with Crippen molar-refractivity contribution in [3.63, 3.8) is 0 Å². The minimum absolute atomic E-state index is 0.0394. The van der Waals surface area contributed by atoms with E-state index >= 15 is 0 Å². The lowest BCUT2D eigenvalue weighted by Crippen LogP contribution is -2.35. The Kier molecular flexibility index (Phi) is 6.59. The molecule has 180 valence electrons. The van der Waals surface area contributed by atoms with Crippen molar-refractivity contribution in [3.05, 3.63) is 95.1 Å². The summed E-state index contributed by atoms with van der Waals surface area (Å²) in [7, 11) is 0. The van der Waals surface area contributed by atoms with Gasteiger partial charge in [0, 0.05) is 23.5 Å².